The quantitative estimate of drug-likeness (QED) is 0.250. The van der Waals surface area contributed by atoms with Crippen molar-refractivity contribution in [3.8, 4) is 17.2 Å². The summed E-state index contributed by atoms with van der Waals surface area (Å²) in [4.78, 5) is 24.1. The van der Waals surface area contributed by atoms with E-state index >= 15 is 0 Å². The molecule has 0 aliphatic rings. The van der Waals surface area contributed by atoms with Crippen molar-refractivity contribution in [1.29, 1.82) is 5.26 Å². The number of fused-ring (bicyclic) bond motifs is 1. The molecule has 0 aliphatic heterocycles. The van der Waals surface area contributed by atoms with Crippen LogP contribution in [0.2, 0.25) is 0 Å². The summed E-state index contributed by atoms with van der Waals surface area (Å²) in [6.07, 6.45) is 2.41. The zero-order valence-electron chi connectivity index (χ0n) is 21.1. The average Bonchev–Trinajstić information content (AvgIpc) is 2.97. The number of nitrogens with zero attached hydrogens (tertiary/aromatic N) is 4. The molecule has 0 spiro atoms. The Morgan fingerprint density at radius 3 is 2.53 bits per heavy atom. The molecule has 6 heteroatoms. The van der Waals surface area contributed by atoms with Crippen LogP contribution >= 0.6 is 0 Å². The number of amides is 1. The van der Waals surface area contributed by atoms with E-state index in [4.69, 9.17) is 0 Å². The highest BCUT2D eigenvalue weighted by Gasteiger charge is 2.16. The van der Waals surface area contributed by atoms with Crippen LogP contribution in [0.25, 0.3) is 22.0 Å². The van der Waals surface area contributed by atoms with Gasteiger partial charge in [-0.25, -0.2) is 9.97 Å². The molecule has 1 aromatic heterocycles. The van der Waals surface area contributed by atoms with E-state index in [9.17, 15) is 10.1 Å². The molecule has 5 rings (SSSR count). The first-order valence-electron chi connectivity index (χ1n) is 12.6. The Morgan fingerprint density at radius 1 is 0.895 bits per heavy atom. The van der Waals surface area contributed by atoms with Crippen molar-refractivity contribution >= 4 is 28.3 Å². The molecule has 0 radical (unpaired) electrons. The molecule has 0 saturated carbocycles. The molecular formula is C32H27N5O. The number of carbonyl (C=O) groups excluding carboxylic acids is 1. The summed E-state index contributed by atoms with van der Waals surface area (Å²) < 4.78 is 0. The van der Waals surface area contributed by atoms with Gasteiger partial charge in [0.1, 0.15) is 12.1 Å². The Balaban J connectivity index is 1.43. The zero-order valence-corrected chi connectivity index (χ0v) is 21.1. The van der Waals surface area contributed by atoms with Crippen LogP contribution in [0.15, 0.2) is 103 Å². The summed E-state index contributed by atoms with van der Waals surface area (Å²) in [6, 6.07) is 33.3. The van der Waals surface area contributed by atoms with Gasteiger partial charge < -0.3 is 10.2 Å². The van der Waals surface area contributed by atoms with Crippen molar-refractivity contribution in [3.63, 3.8) is 0 Å². The highest BCUT2D eigenvalue weighted by Crippen LogP contribution is 2.29. The highest BCUT2D eigenvalue weighted by atomic mass is 16.2. The topological polar surface area (TPSA) is 81.9 Å². The van der Waals surface area contributed by atoms with E-state index in [0.717, 1.165) is 45.5 Å². The summed E-state index contributed by atoms with van der Waals surface area (Å²) in [5.41, 5.74) is 5.96. The van der Waals surface area contributed by atoms with Gasteiger partial charge in [0.25, 0.3) is 5.91 Å². The van der Waals surface area contributed by atoms with Crippen molar-refractivity contribution < 1.29 is 4.79 Å². The first kappa shape index (κ1) is 24.7. The molecule has 38 heavy (non-hydrogen) atoms. The van der Waals surface area contributed by atoms with Crippen LogP contribution < -0.4 is 5.32 Å². The number of hydrogen-bond donors (Lipinski definition) is 1. The minimum atomic E-state index is -0.0752. The van der Waals surface area contributed by atoms with E-state index in [1.54, 1.807) is 30.6 Å². The van der Waals surface area contributed by atoms with Gasteiger partial charge in [0, 0.05) is 29.7 Å². The molecule has 0 aliphatic carbocycles. The monoisotopic (exact) mass is 497 g/mol. The summed E-state index contributed by atoms with van der Waals surface area (Å²) in [6.45, 7) is 3.16. The Hall–Kier alpha value is -5.02. The molecule has 6 nitrogen and oxygen atoms in total. The van der Waals surface area contributed by atoms with Crippen molar-refractivity contribution in [2.24, 2.45) is 0 Å². The van der Waals surface area contributed by atoms with Gasteiger partial charge in [0.05, 0.1) is 17.1 Å². The molecule has 5 aromatic rings. The van der Waals surface area contributed by atoms with E-state index in [1.165, 1.54) is 0 Å². The summed E-state index contributed by atoms with van der Waals surface area (Å²) in [7, 11) is 0. The lowest BCUT2D eigenvalue weighted by Crippen LogP contribution is -2.31. The molecule has 0 saturated heterocycles. The summed E-state index contributed by atoms with van der Waals surface area (Å²) >= 11 is 0. The lowest BCUT2D eigenvalue weighted by Gasteiger charge is -2.23. The maximum Gasteiger partial charge on any atom is 0.254 e. The first-order chi connectivity index (χ1) is 18.6. The Bertz CT molecular complexity index is 1620. The molecule has 186 valence electrons. The molecule has 0 bridgehead atoms. The fraction of sp³-hybridized carbons (Fsp3) is 0.125. The van der Waals surface area contributed by atoms with Gasteiger partial charge in [0.15, 0.2) is 0 Å². The minimum Gasteiger partial charge on any atom is -0.340 e. The van der Waals surface area contributed by atoms with E-state index in [2.05, 4.69) is 52.5 Å². The lowest BCUT2D eigenvalue weighted by atomic mass is 10.0. The number of nitrogens with one attached hydrogen (secondary N) is 1. The maximum atomic E-state index is 13.3. The predicted octanol–water partition coefficient (Wildman–Crippen LogP) is 6.96. The molecule has 4 aromatic carbocycles. The summed E-state index contributed by atoms with van der Waals surface area (Å²) in [5.74, 6) is 0.673. The molecule has 1 heterocycles. The van der Waals surface area contributed by atoms with E-state index in [0.29, 0.717) is 24.2 Å². The molecule has 1 amide bonds. The summed E-state index contributed by atoms with van der Waals surface area (Å²) in [5, 5.41) is 13.6. The Morgan fingerprint density at radius 2 is 1.71 bits per heavy atom. The number of carbonyl (C=O) groups is 1. The molecule has 0 fully saturated rings. The van der Waals surface area contributed by atoms with Gasteiger partial charge >= 0.3 is 0 Å². The predicted molar refractivity (Wildman–Crippen MR) is 151 cm³/mol. The van der Waals surface area contributed by atoms with Crippen LogP contribution in [0.4, 0.5) is 11.5 Å². The van der Waals surface area contributed by atoms with Crippen molar-refractivity contribution in [2.75, 3.05) is 11.9 Å². The lowest BCUT2D eigenvalue weighted by molar-refractivity contribution is 0.0743. The number of anilines is 2. The van der Waals surface area contributed by atoms with Crippen LogP contribution in [-0.4, -0.2) is 27.3 Å². The molecule has 1 N–H and O–H groups in total. The van der Waals surface area contributed by atoms with Crippen molar-refractivity contribution in [2.45, 2.75) is 19.9 Å². The number of para-hydroxylation sites is 1. The number of nitriles is 1. The SMILES string of the molecule is CCCN(Cc1cccc(-c2ccc3ncnc(Nc4ccccc4)c3c2)c1)C(=O)c1cccc(C#N)c1. The minimum absolute atomic E-state index is 0.0752. The standard InChI is InChI=1S/C32H27N5O/c1-2-16-37(32(38)27-11-6-8-23(17-27)20-33)21-24-9-7-10-25(18-24)26-14-15-30-29(19-26)31(35-22-34-30)36-28-12-4-3-5-13-28/h3-15,17-19,22H,2,16,21H2,1H3,(H,34,35,36). The van der Waals surface area contributed by atoms with Gasteiger partial charge in [-0.3, -0.25) is 4.79 Å². The molecule has 0 unspecified atom stereocenters. The van der Waals surface area contributed by atoms with Gasteiger partial charge in [-0.15, -0.1) is 0 Å². The van der Waals surface area contributed by atoms with Crippen LogP contribution in [0.5, 0.6) is 0 Å². The molecule has 0 atom stereocenters. The highest BCUT2D eigenvalue weighted by molar-refractivity contribution is 5.95. The normalized spacial score (nSPS) is 10.6. The van der Waals surface area contributed by atoms with Gasteiger partial charge in [-0.1, -0.05) is 55.5 Å². The van der Waals surface area contributed by atoms with Gasteiger partial charge in [0.2, 0.25) is 0 Å². The Labute approximate surface area is 222 Å². The van der Waals surface area contributed by atoms with E-state index in [1.807, 2.05) is 53.4 Å². The van der Waals surface area contributed by atoms with Crippen molar-refractivity contribution in [3.05, 3.63) is 120 Å². The smallest absolute Gasteiger partial charge is 0.254 e. The van der Waals surface area contributed by atoms with E-state index < -0.39 is 0 Å². The zero-order chi connectivity index (χ0) is 26.3. The number of rotatable bonds is 8. The first-order valence-corrected chi connectivity index (χ1v) is 12.6. The van der Waals surface area contributed by atoms with Gasteiger partial charge in [-0.2, -0.15) is 5.26 Å². The fourth-order valence-electron chi connectivity index (χ4n) is 4.49. The molecular weight excluding hydrogens is 470 g/mol. The maximum absolute atomic E-state index is 13.3. The third kappa shape index (κ3) is 5.53. The number of hydrogen-bond acceptors (Lipinski definition) is 5. The Kier molecular flexibility index (Phi) is 7.37. The second-order valence-corrected chi connectivity index (χ2v) is 9.06. The van der Waals surface area contributed by atoms with Crippen LogP contribution in [0.3, 0.4) is 0 Å². The largest absolute Gasteiger partial charge is 0.340 e. The third-order valence-electron chi connectivity index (χ3n) is 6.32. The second-order valence-electron chi connectivity index (χ2n) is 9.06. The van der Waals surface area contributed by atoms with Crippen molar-refractivity contribution in [1.82, 2.24) is 14.9 Å². The second kappa shape index (κ2) is 11.4. The van der Waals surface area contributed by atoms with Crippen LogP contribution in [0.1, 0.15) is 34.8 Å². The third-order valence-corrected chi connectivity index (χ3v) is 6.32. The number of aromatic nitrogens is 2. The van der Waals surface area contributed by atoms with Crippen LogP contribution in [0, 0.1) is 11.3 Å². The van der Waals surface area contributed by atoms with Crippen LogP contribution in [-0.2, 0) is 6.54 Å². The average molecular weight is 498 g/mol. The van der Waals surface area contributed by atoms with E-state index in [-0.39, 0.29) is 5.91 Å². The number of benzene rings is 4. The van der Waals surface area contributed by atoms with Gasteiger partial charge in [-0.05, 0) is 71.6 Å². The fourth-order valence-corrected chi connectivity index (χ4v) is 4.49.